The lowest BCUT2D eigenvalue weighted by molar-refractivity contribution is -0.116. The van der Waals surface area contributed by atoms with E-state index in [2.05, 4.69) is 5.32 Å². The number of methoxy groups -OCH3 is 1. The number of rotatable bonds is 7. The van der Waals surface area contributed by atoms with Crippen LogP contribution >= 0.6 is 0 Å². The number of anilines is 1. The van der Waals surface area contributed by atoms with Crippen molar-refractivity contribution < 1.29 is 18.7 Å². The van der Waals surface area contributed by atoms with Crippen molar-refractivity contribution in [3.05, 3.63) is 72.0 Å². The summed E-state index contributed by atoms with van der Waals surface area (Å²) < 4.78 is 11.0. The van der Waals surface area contributed by atoms with Gasteiger partial charge in [-0.3, -0.25) is 9.59 Å². The Kier molecular flexibility index (Phi) is 5.71. The molecule has 1 N–H and O–H groups in total. The van der Waals surface area contributed by atoms with Gasteiger partial charge in [0.2, 0.25) is 5.91 Å². The van der Waals surface area contributed by atoms with Gasteiger partial charge in [-0.2, -0.15) is 0 Å². The van der Waals surface area contributed by atoms with Gasteiger partial charge in [0.1, 0.15) is 17.3 Å². The minimum Gasteiger partial charge on any atom is -0.497 e. The molecule has 1 amide bonds. The van der Waals surface area contributed by atoms with Crippen LogP contribution in [0.25, 0.3) is 11.3 Å². The lowest BCUT2D eigenvalue weighted by Crippen LogP contribution is -2.12. The molecule has 1 aromatic heterocycles. The topological polar surface area (TPSA) is 68.5 Å². The first kappa shape index (κ1) is 18.5. The van der Waals surface area contributed by atoms with E-state index in [-0.39, 0.29) is 11.7 Å². The molecule has 3 rings (SSSR count). The van der Waals surface area contributed by atoms with E-state index in [9.17, 15) is 9.59 Å². The van der Waals surface area contributed by atoms with Crippen molar-refractivity contribution in [3.63, 3.8) is 0 Å². The van der Waals surface area contributed by atoms with Gasteiger partial charge in [0.15, 0.2) is 5.78 Å². The van der Waals surface area contributed by atoms with Crippen LogP contribution in [0, 0.1) is 0 Å². The van der Waals surface area contributed by atoms with Crippen LogP contribution in [0.1, 0.15) is 29.5 Å². The summed E-state index contributed by atoms with van der Waals surface area (Å²) in [5, 5.41) is 2.81. The summed E-state index contributed by atoms with van der Waals surface area (Å²) >= 11 is 0. The van der Waals surface area contributed by atoms with Crippen molar-refractivity contribution in [2.24, 2.45) is 0 Å². The standard InChI is InChI=1S/C22H21NO4/c1-15(24)17-4-3-5-18(14-17)23-22(25)13-11-20-10-12-21(27-20)16-6-8-19(26-2)9-7-16/h3-10,12,14H,11,13H2,1-2H3,(H,23,25). The molecule has 0 radical (unpaired) electrons. The lowest BCUT2D eigenvalue weighted by atomic mass is 10.1. The molecule has 1 heterocycles. The average Bonchev–Trinajstić information content (AvgIpc) is 3.16. The van der Waals surface area contributed by atoms with Gasteiger partial charge < -0.3 is 14.5 Å². The van der Waals surface area contributed by atoms with Crippen LogP contribution in [0.15, 0.2) is 65.1 Å². The van der Waals surface area contributed by atoms with E-state index in [0.717, 1.165) is 22.8 Å². The summed E-state index contributed by atoms with van der Waals surface area (Å²) in [5.41, 5.74) is 2.14. The molecule has 0 saturated heterocycles. The fourth-order valence-corrected chi connectivity index (χ4v) is 2.70. The molecule has 0 atom stereocenters. The van der Waals surface area contributed by atoms with Crippen LogP contribution in [-0.2, 0) is 11.2 Å². The van der Waals surface area contributed by atoms with Gasteiger partial charge in [0.25, 0.3) is 0 Å². The van der Waals surface area contributed by atoms with Crippen LogP contribution in [0.4, 0.5) is 5.69 Å². The molecule has 0 aliphatic heterocycles. The van der Waals surface area contributed by atoms with Gasteiger partial charge >= 0.3 is 0 Å². The second kappa shape index (κ2) is 8.36. The fraction of sp³-hybridized carbons (Fsp3) is 0.182. The number of benzene rings is 2. The second-order valence-corrected chi connectivity index (χ2v) is 6.18. The zero-order valence-electron chi connectivity index (χ0n) is 15.3. The third-order valence-corrected chi connectivity index (χ3v) is 4.19. The van der Waals surface area contributed by atoms with Crippen molar-refractivity contribution in [2.75, 3.05) is 12.4 Å². The number of ketones is 1. The Morgan fingerprint density at radius 2 is 1.81 bits per heavy atom. The Morgan fingerprint density at radius 1 is 1.04 bits per heavy atom. The fourth-order valence-electron chi connectivity index (χ4n) is 2.70. The first-order chi connectivity index (χ1) is 13.0. The largest absolute Gasteiger partial charge is 0.497 e. The van der Waals surface area contributed by atoms with Crippen molar-refractivity contribution in [1.82, 2.24) is 0 Å². The first-order valence-corrected chi connectivity index (χ1v) is 8.69. The molecule has 3 aromatic rings. The van der Waals surface area contributed by atoms with Crippen LogP contribution in [0.3, 0.4) is 0 Å². The zero-order chi connectivity index (χ0) is 19.2. The molecule has 138 valence electrons. The smallest absolute Gasteiger partial charge is 0.224 e. The van der Waals surface area contributed by atoms with E-state index in [0.29, 0.717) is 24.1 Å². The SMILES string of the molecule is COc1ccc(-c2ccc(CCC(=O)Nc3cccc(C(C)=O)c3)o2)cc1. The number of amides is 1. The maximum absolute atomic E-state index is 12.2. The Morgan fingerprint density at radius 3 is 2.52 bits per heavy atom. The molecule has 0 aliphatic rings. The number of nitrogens with one attached hydrogen (secondary N) is 1. The maximum Gasteiger partial charge on any atom is 0.224 e. The van der Waals surface area contributed by atoms with E-state index in [1.807, 2.05) is 36.4 Å². The number of carbonyl (C=O) groups is 2. The summed E-state index contributed by atoms with van der Waals surface area (Å²) in [5.74, 6) is 2.12. The van der Waals surface area contributed by atoms with Gasteiger partial charge in [-0.05, 0) is 55.5 Å². The number of carbonyl (C=O) groups excluding carboxylic acids is 2. The Hall–Kier alpha value is -3.34. The Balaban J connectivity index is 1.57. The molecular formula is C22H21NO4. The second-order valence-electron chi connectivity index (χ2n) is 6.18. The highest BCUT2D eigenvalue weighted by Gasteiger charge is 2.09. The maximum atomic E-state index is 12.2. The van der Waals surface area contributed by atoms with E-state index >= 15 is 0 Å². The summed E-state index contributed by atoms with van der Waals surface area (Å²) in [7, 11) is 1.63. The molecule has 2 aromatic carbocycles. The number of ether oxygens (including phenoxy) is 1. The first-order valence-electron chi connectivity index (χ1n) is 8.69. The molecule has 0 aliphatic carbocycles. The van der Waals surface area contributed by atoms with Crippen molar-refractivity contribution in [2.45, 2.75) is 19.8 Å². The summed E-state index contributed by atoms with van der Waals surface area (Å²) in [6, 6.07) is 18.3. The van der Waals surface area contributed by atoms with Crippen molar-refractivity contribution in [1.29, 1.82) is 0 Å². The summed E-state index contributed by atoms with van der Waals surface area (Å²) in [6.45, 7) is 1.50. The number of furan rings is 1. The number of hydrogen-bond donors (Lipinski definition) is 1. The highest BCUT2D eigenvalue weighted by Crippen LogP contribution is 2.25. The lowest BCUT2D eigenvalue weighted by Gasteiger charge is -2.06. The molecule has 0 unspecified atom stereocenters. The molecule has 5 heteroatoms. The third kappa shape index (κ3) is 4.85. The van der Waals surface area contributed by atoms with E-state index < -0.39 is 0 Å². The monoisotopic (exact) mass is 363 g/mol. The molecule has 0 fully saturated rings. The molecule has 5 nitrogen and oxygen atoms in total. The summed E-state index contributed by atoms with van der Waals surface area (Å²) in [4.78, 5) is 23.6. The van der Waals surface area contributed by atoms with Crippen molar-refractivity contribution >= 4 is 17.4 Å². The van der Waals surface area contributed by atoms with E-state index in [4.69, 9.17) is 9.15 Å². The van der Waals surface area contributed by atoms with E-state index in [1.54, 1.807) is 31.4 Å². The average molecular weight is 363 g/mol. The highest BCUT2D eigenvalue weighted by atomic mass is 16.5. The number of aryl methyl sites for hydroxylation is 1. The van der Waals surface area contributed by atoms with Crippen LogP contribution in [0.2, 0.25) is 0 Å². The number of Topliss-reactive ketones (excluding diaryl/α,β-unsaturated/α-hetero) is 1. The van der Waals surface area contributed by atoms with Gasteiger partial charge in [0, 0.05) is 29.7 Å². The van der Waals surface area contributed by atoms with Gasteiger partial charge in [-0.15, -0.1) is 0 Å². The highest BCUT2D eigenvalue weighted by molar-refractivity contribution is 5.97. The molecule has 0 saturated carbocycles. The van der Waals surface area contributed by atoms with Crippen LogP contribution in [0.5, 0.6) is 5.75 Å². The normalized spacial score (nSPS) is 10.4. The predicted octanol–water partition coefficient (Wildman–Crippen LogP) is 4.73. The van der Waals surface area contributed by atoms with Crippen molar-refractivity contribution in [3.8, 4) is 17.1 Å². The molecular weight excluding hydrogens is 342 g/mol. The van der Waals surface area contributed by atoms with Gasteiger partial charge in [-0.1, -0.05) is 12.1 Å². The summed E-state index contributed by atoms with van der Waals surface area (Å²) in [6.07, 6.45) is 0.786. The van der Waals surface area contributed by atoms with Crippen LogP contribution in [-0.4, -0.2) is 18.8 Å². The number of hydrogen-bond acceptors (Lipinski definition) is 4. The Bertz CT molecular complexity index is 941. The Labute approximate surface area is 158 Å². The molecule has 0 spiro atoms. The third-order valence-electron chi connectivity index (χ3n) is 4.19. The van der Waals surface area contributed by atoms with Gasteiger partial charge in [0.05, 0.1) is 7.11 Å². The minimum atomic E-state index is -0.127. The molecule has 27 heavy (non-hydrogen) atoms. The van der Waals surface area contributed by atoms with Crippen LogP contribution < -0.4 is 10.1 Å². The quantitative estimate of drug-likeness (QED) is 0.616. The predicted molar refractivity (Wildman–Crippen MR) is 104 cm³/mol. The zero-order valence-corrected chi connectivity index (χ0v) is 15.3. The molecule has 0 bridgehead atoms. The van der Waals surface area contributed by atoms with Gasteiger partial charge in [-0.25, -0.2) is 0 Å². The van der Waals surface area contributed by atoms with E-state index in [1.165, 1.54) is 6.92 Å². The minimum absolute atomic E-state index is 0.0345.